The normalized spacial score (nSPS) is 10.2. The summed E-state index contributed by atoms with van der Waals surface area (Å²) in [5.74, 6) is -0.638. The number of methoxy groups -OCH3 is 1. The molecule has 0 fully saturated rings. The van der Waals surface area contributed by atoms with Gasteiger partial charge < -0.3 is 20.3 Å². The molecule has 0 aliphatic carbocycles. The van der Waals surface area contributed by atoms with Crippen molar-refractivity contribution in [2.45, 2.75) is 6.42 Å². The zero-order valence-corrected chi connectivity index (χ0v) is 13.9. The zero-order chi connectivity index (χ0) is 16.5. The van der Waals surface area contributed by atoms with Gasteiger partial charge >= 0.3 is 0 Å². The predicted molar refractivity (Wildman–Crippen MR) is 88.9 cm³/mol. The van der Waals surface area contributed by atoms with Crippen LogP contribution in [-0.2, 0) is 9.53 Å². The van der Waals surface area contributed by atoms with Crippen LogP contribution in [-0.4, -0.2) is 52.1 Å². The van der Waals surface area contributed by atoms with Gasteiger partial charge in [0.05, 0.1) is 5.56 Å². The first kappa shape index (κ1) is 18.3. The van der Waals surface area contributed by atoms with Gasteiger partial charge in [0.25, 0.3) is 5.91 Å². The van der Waals surface area contributed by atoms with Crippen LogP contribution in [0.3, 0.4) is 0 Å². The quantitative estimate of drug-likeness (QED) is 0.563. The number of carbonyl (C=O) groups excluding carboxylic acids is 2. The topological polar surface area (TPSA) is 70.7 Å². The van der Waals surface area contributed by atoms with Gasteiger partial charge in [-0.25, -0.2) is 0 Å². The molecule has 0 unspecified atom stereocenters. The first-order valence-corrected chi connectivity index (χ1v) is 7.47. The number of hydrogen-bond donors (Lipinski definition) is 2. The van der Waals surface area contributed by atoms with E-state index in [2.05, 4.69) is 10.6 Å². The van der Waals surface area contributed by atoms with E-state index in [0.29, 0.717) is 24.4 Å². The molecule has 0 heterocycles. The molecular formula is C15H22ClN3O3. The number of benzene rings is 1. The predicted octanol–water partition coefficient (Wildman–Crippen LogP) is 1.70. The Morgan fingerprint density at radius 1 is 1.32 bits per heavy atom. The molecule has 1 rings (SSSR count). The van der Waals surface area contributed by atoms with Crippen LogP contribution in [0.25, 0.3) is 0 Å². The van der Waals surface area contributed by atoms with Gasteiger partial charge in [0, 0.05) is 45.7 Å². The molecule has 0 aliphatic rings. The summed E-state index contributed by atoms with van der Waals surface area (Å²) in [6, 6.07) is 5.17. The second-order valence-corrected chi connectivity index (χ2v) is 5.18. The van der Waals surface area contributed by atoms with Gasteiger partial charge in [0.1, 0.15) is 5.88 Å². The lowest BCUT2D eigenvalue weighted by molar-refractivity contribution is -0.113. The third-order valence-corrected chi connectivity index (χ3v) is 3.18. The van der Waals surface area contributed by atoms with Crippen LogP contribution in [0.4, 0.5) is 11.4 Å². The molecule has 122 valence electrons. The molecule has 0 atom stereocenters. The van der Waals surface area contributed by atoms with Crippen LogP contribution in [0.2, 0.25) is 0 Å². The summed E-state index contributed by atoms with van der Waals surface area (Å²) in [4.78, 5) is 25.5. The summed E-state index contributed by atoms with van der Waals surface area (Å²) >= 11 is 5.47. The number of halogens is 1. The Morgan fingerprint density at radius 2 is 2.05 bits per heavy atom. The fourth-order valence-electron chi connectivity index (χ4n) is 1.89. The van der Waals surface area contributed by atoms with E-state index in [1.54, 1.807) is 25.3 Å². The Hall–Kier alpha value is -1.79. The number of ether oxygens (including phenoxy) is 1. The van der Waals surface area contributed by atoms with Gasteiger partial charge in [0.2, 0.25) is 5.91 Å². The minimum atomic E-state index is -0.314. The fourth-order valence-corrected chi connectivity index (χ4v) is 1.96. The molecule has 0 aliphatic heterocycles. The highest BCUT2D eigenvalue weighted by Gasteiger charge is 2.14. The number of nitrogens with zero attached hydrogens (tertiary/aromatic N) is 1. The first-order chi connectivity index (χ1) is 10.5. The van der Waals surface area contributed by atoms with Crippen molar-refractivity contribution in [3.8, 4) is 0 Å². The molecule has 0 aromatic heterocycles. The van der Waals surface area contributed by atoms with Crippen LogP contribution in [0.5, 0.6) is 0 Å². The highest BCUT2D eigenvalue weighted by molar-refractivity contribution is 6.29. The third-order valence-electron chi connectivity index (χ3n) is 2.94. The number of anilines is 2. The molecule has 6 nitrogen and oxygen atoms in total. The summed E-state index contributed by atoms with van der Waals surface area (Å²) in [7, 11) is 5.33. The lowest BCUT2D eigenvalue weighted by atomic mass is 10.1. The Labute approximate surface area is 135 Å². The zero-order valence-electron chi connectivity index (χ0n) is 13.1. The van der Waals surface area contributed by atoms with Crippen molar-refractivity contribution in [3.05, 3.63) is 23.8 Å². The standard InChI is InChI=1S/C15H22ClN3O3/c1-19(2)13-6-5-11(18-14(20)10-16)9-12(13)15(21)17-7-4-8-22-3/h5-6,9H,4,7-8,10H2,1-3H3,(H,17,21)(H,18,20). The van der Waals surface area contributed by atoms with Crippen molar-refractivity contribution in [1.82, 2.24) is 5.32 Å². The Kier molecular flexibility index (Phi) is 7.70. The number of rotatable bonds is 8. The van der Waals surface area contributed by atoms with E-state index in [9.17, 15) is 9.59 Å². The fraction of sp³-hybridized carbons (Fsp3) is 0.467. The molecule has 0 spiro atoms. The maximum atomic E-state index is 12.3. The smallest absolute Gasteiger partial charge is 0.253 e. The average molecular weight is 328 g/mol. The summed E-state index contributed by atoms with van der Waals surface area (Å²) in [5, 5.41) is 5.48. The van der Waals surface area contributed by atoms with Crippen LogP contribution in [0.15, 0.2) is 18.2 Å². The van der Waals surface area contributed by atoms with Crippen molar-refractivity contribution in [1.29, 1.82) is 0 Å². The van der Waals surface area contributed by atoms with Crippen molar-refractivity contribution >= 4 is 34.8 Å². The highest BCUT2D eigenvalue weighted by atomic mass is 35.5. The van der Waals surface area contributed by atoms with Gasteiger partial charge in [-0.1, -0.05) is 0 Å². The Morgan fingerprint density at radius 3 is 2.64 bits per heavy atom. The van der Waals surface area contributed by atoms with Gasteiger partial charge in [-0.3, -0.25) is 9.59 Å². The minimum Gasteiger partial charge on any atom is -0.385 e. The van der Waals surface area contributed by atoms with E-state index in [4.69, 9.17) is 16.3 Å². The molecule has 2 N–H and O–H groups in total. The number of nitrogens with one attached hydrogen (secondary N) is 2. The number of alkyl halides is 1. The van der Waals surface area contributed by atoms with Crippen LogP contribution >= 0.6 is 11.6 Å². The molecular weight excluding hydrogens is 306 g/mol. The molecule has 7 heteroatoms. The van der Waals surface area contributed by atoms with Crippen molar-refractivity contribution in [2.75, 3.05) is 50.5 Å². The van der Waals surface area contributed by atoms with Crippen LogP contribution in [0.1, 0.15) is 16.8 Å². The number of carbonyl (C=O) groups is 2. The van der Waals surface area contributed by atoms with E-state index in [1.165, 1.54) is 0 Å². The van der Waals surface area contributed by atoms with Gasteiger partial charge in [-0.05, 0) is 24.6 Å². The third kappa shape index (κ3) is 5.54. The lowest BCUT2D eigenvalue weighted by Crippen LogP contribution is -2.27. The molecule has 2 amide bonds. The summed E-state index contributed by atoms with van der Waals surface area (Å²) in [5.41, 5.74) is 1.81. The second-order valence-electron chi connectivity index (χ2n) is 4.91. The molecule has 0 radical (unpaired) electrons. The first-order valence-electron chi connectivity index (χ1n) is 6.94. The highest BCUT2D eigenvalue weighted by Crippen LogP contribution is 2.23. The molecule has 1 aromatic rings. The molecule has 0 bridgehead atoms. The van der Waals surface area contributed by atoms with Crippen molar-refractivity contribution in [2.24, 2.45) is 0 Å². The van der Waals surface area contributed by atoms with Gasteiger partial charge in [-0.15, -0.1) is 11.6 Å². The SMILES string of the molecule is COCCCNC(=O)c1cc(NC(=O)CCl)ccc1N(C)C. The monoisotopic (exact) mass is 327 g/mol. The van der Waals surface area contributed by atoms with Crippen LogP contribution < -0.4 is 15.5 Å². The molecule has 1 aromatic carbocycles. The van der Waals surface area contributed by atoms with E-state index in [0.717, 1.165) is 12.1 Å². The summed E-state index contributed by atoms with van der Waals surface area (Å²) in [6.07, 6.45) is 0.738. The average Bonchev–Trinajstić information content (AvgIpc) is 2.50. The van der Waals surface area contributed by atoms with Crippen molar-refractivity contribution in [3.63, 3.8) is 0 Å². The second kappa shape index (κ2) is 9.27. The Bertz CT molecular complexity index is 521. The van der Waals surface area contributed by atoms with Crippen LogP contribution in [0, 0.1) is 0 Å². The van der Waals surface area contributed by atoms with Gasteiger partial charge in [-0.2, -0.15) is 0 Å². The summed E-state index contributed by atoms with van der Waals surface area (Å²) in [6.45, 7) is 1.12. The van der Waals surface area contributed by atoms with E-state index >= 15 is 0 Å². The maximum absolute atomic E-state index is 12.3. The molecule has 22 heavy (non-hydrogen) atoms. The lowest BCUT2D eigenvalue weighted by Gasteiger charge is -2.18. The molecule has 0 saturated heterocycles. The van der Waals surface area contributed by atoms with Crippen molar-refractivity contribution < 1.29 is 14.3 Å². The van der Waals surface area contributed by atoms with E-state index < -0.39 is 0 Å². The minimum absolute atomic E-state index is 0.131. The van der Waals surface area contributed by atoms with E-state index in [1.807, 2.05) is 19.0 Å². The molecule has 0 saturated carbocycles. The maximum Gasteiger partial charge on any atom is 0.253 e. The number of hydrogen-bond acceptors (Lipinski definition) is 4. The van der Waals surface area contributed by atoms with Gasteiger partial charge in [0.15, 0.2) is 0 Å². The summed E-state index contributed by atoms with van der Waals surface area (Å²) < 4.78 is 4.95. The largest absolute Gasteiger partial charge is 0.385 e. The van der Waals surface area contributed by atoms with E-state index in [-0.39, 0.29) is 17.7 Å². The Balaban J connectivity index is 2.89. The number of amides is 2.